The van der Waals surface area contributed by atoms with Crippen LogP contribution in [-0.2, 0) is 39.9 Å². The number of carbonyl (C=O) groups excluding carboxylic acids is 6. The van der Waals surface area contributed by atoms with Crippen molar-refractivity contribution in [2.24, 2.45) is 5.92 Å². The topological polar surface area (TPSA) is 146 Å². The second-order valence-corrected chi connectivity index (χ2v) is 13.2. The predicted molar refractivity (Wildman–Crippen MR) is 191 cm³/mol. The second-order valence-electron chi connectivity index (χ2n) is 13.2. The first-order chi connectivity index (χ1) is 26.1. The fraction of sp³-hybridized carbons (Fsp3) is 0.238. The summed E-state index contributed by atoms with van der Waals surface area (Å²) in [5.41, 5.74) is 1.41. The van der Waals surface area contributed by atoms with Gasteiger partial charge in [-0.05, 0) is 48.9 Å². The molecule has 0 N–H and O–H groups in total. The van der Waals surface area contributed by atoms with Crippen molar-refractivity contribution in [2.75, 3.05) is 13.7 Å². The lowest BCUT2D eigenvalue weighted by Gasteiger charge is -2.34. The molecule has 3 amide bonds. The highest BCUT2D eigenvalue weighted by Gasteiger charge is 2.60. The molecule has 0 aliphatic carbocycles. The molecule has 12 nitrogen and oxygen atoms in total. The number of carbonyl (C=O) groups is 6. The monoisotopic (exact) mass is 728 g/mol. The molecule has 4 aromatic carbocycles. The minimum atomic E-state index is -1.51. The van der Waals surface area contributed by atoms with E-state index in [9.17, 15) is 28.8 Å². The first-order valence-electron chi connectivity index (χ1n) is 17.4. The summed E-state index contributed by atoms with van der Waals surface area (Å²) >= 11 is 0. The third-order valence-electron chi connectivity index (χ3n) is 9.87. The summed E-state index contributed by atoms with van der Waals surface area (Å²) in [6, 6.07) is 32.8. The summed E-state index contributed by atoms with van der Waals surface area (Å²) in [5, 5.41) is 0. The third-order valence-corrected chi connectivity index (χ3v) is 9.87. The van der Waals surface area contributed by atoms with E-state index in [-0.39, 0.29) is 34.4 Å². The maximum atomic E-state index is 14.4. The Kier molecular flexibility index (Phi) is 10.2. The number of esters is 3. The highest BCUT2D eigenvalue weighted by Crippen LogP contribution is 2.44. The van der Waals surface area contributed by atoms with Crippen LogP contribution in [0.5, 0.6) is 0 Å². The molecule has 274 valence electrons. The summed E-state index contributed by atoms with van der Waals surface area (Å²) in [6.07, 6.45) is -5.69. The lowest BCUT2D eigenvalue weighted by atomic mass is 9.82. The number of benzene rings is 4. The van der Waals surface area contributed by atoms with Crippen LogP contribution in [0.2, 0.25) is 0 Å². The summed E-state index contributed by atoms with van der Waals surface area (Å²) in [7, 11) is 1.31. The van der Waals surface area contributed by atoms with Gasteiger partial charge in [0.25, 0.3) is 11.8 Å². The summed E-state index contributed by atoms with van der Waals surface area (Å²) in [4.78, 5) is 85.3. The van der Waals surface area contributed by atoms with Gasteiger partial charge < -0.3 is 23.8 Å². The van der Waals surface area contributed by atoms with Gasteiger partial charge in [0.15, 0.2) is 12.2 Å². The van der Waals surface area contributed by atoms with E-state index < -0.39 is 78.6 Å². The van der Waals surface area contributed by atoms with Crippen LogP contribution in [0, 0.1) is 5.92 Å². The van der Waals surface area contributed by atoms with Crippen molar-refractivity contribution < 1.29 is 47.7 Å². The van der Waals surface area contributed by atoms with Crippen molar-refractivity contribution in [1.29, 1.82) is 0 Å². The smallest absolute Gasteiger partial charge is 0.338 e. The molecule has 12 heteroatoms. The first kappa shape index (κ1) is 36.0. The van der Waals surface area contributed by atoms with Gasteiger partial charge >= 0.3 is 17.9 Å². The Hall–Kier alpha value is -6.40. The van der Waals surface area contributed by atoms with E-state index in [1.165, 1.54) is 36.2 Å². The fourth-order valence-electron chi connectivity index (χ4n) is 7.11. The quantitative estimate of drug-likeness (QED) is 0.131. The van der Waals surface area contributed by atoms with Crippen LogP contribution in [0.1, 0.15) is 43.6 Å². The molecule has 1 saturated heterocycles. The van der Waals surface area contributed by atoms with Crippen LogP contribution in [0.4, 0.5) is 0 Å². The van der Waals surface area contributed by atoms with Crippen molar-refractivity contribution in [2.45, 2.75) is 43.9 Å². The Bertz CT molecular complexity index is 2110. The number of hydrogen-bond donors (Lipinski definition) is 0. The lowest BCUT2D eigenvalue weighted by Crippen LogP contribution is -2.52. The van der Waals surface area contributed by atoms with Gasteiger partial charge in [0.1, 0.15) is 18.8 Å². The van der Waals surface area contributed by atoms with E-state index in [0.717, 1.165) is 10.5 Å². The zero-order valence-electron chi connectivity index (χ0n) is 29.4. The molecule has 3 aliphatic heterocycles. The highest BCUT2D eigenvalue weighted by molar-refractivity contribution is 6.19. The number of imide groups is 1. The van der Waals surface area contributed by atoms with Gasteiger partial charge in [-0.1, -0.05) is 84.9 Å². The summed E-state index contributed by atoms with van der Waals surface area (Å²) in [5.74, 6) is -5.77. The van der Waals surface area contributed by atoms with Gasteiger partial charge in [0.05, 0.1) is 28.7 Å². The maximum absolute atomic E-state index is 14.4. The molecule has 3 aliphatic rings. The largest absolute Gasteiger partial charge is 0.459 e. The van der Waals surface area contributed by atoms with Gasteiger partial charge in [-0.3, -0.25) is 19.3 Å². The van der Waals surface area contributed by atoms with Crippen molar-refractivity contribution in [3.8, 4) is 0 Å². The average Bonchev–Trinajstić information content (AvgIpc) is 3.65. The van der Waals surface area contributed by atoms with E-state index in [4.69, 9.17) is 18.9 Å². The van der Waals surface area contributed by atoms with Gasteiger partial charge in [0, 0.05) is 24.7 Å². The Labute approximate surface area is 310 Å². The predicted octanol–water partition coefficient (Wildman–Crippen LogP) is 4.40. The number of nitrogens with zero attached hydrogens (tertiary/aromatic N) is 2. The minimum Gasteiger partial charge on any atom is -0.459 e. The molecule has 54 heavy (non-hydrogen) atoms. The van der Waals surface area contributed by atoms with Crippen LogP contribution in [0.3, 0.4) is 0 Å². The first-order valence-corrected chi connectivity index (χ1v) is 17.4. The van der Waals surface area contributed by atoms with Crippen molar-refractivity contribution >= 4 is 35.6 Å². The summed E-state index contributed by atoms with van der Waals surface area (Å²) < 4.78 is 24.3. The van der Waals surface area contributed by atoms with Crippen LogP contribution in [0.25, 0.3) is 0 Å². The van der Waals surface area contributed by atoms with Crippen LogP contribution in [0.15, 0.2) is 132 Å². The van der Waals surface area contributed by atoms with Crippen molar-refractivity contribution in [3.63, 3.8) is 0 Å². The molecule has 2 unspecified atom stereocenters. The molecular weight excluding hydrogens is 692 g/mol. The normalized spacial score (nSPS) is 23.6. The zero-order valence-corrected chi connectivity index (χ0v) is 29.4. The average molecular weight is 729 g/mol. The number of amides is 3. The number of rotatable bonds is 10. The Balaban J connectivity index is 1.30. The number of ether oxygens (including phenoxy) is 4. The van der Waals surface area contributed by atoms with E-state index >= 15 is 0 Å². The van der Waals surface area contributed by atoms with Gasteiger partial charge in [-0.15, -0.1) is 0 Å². The van der Waals surface area contributed by atoms with Crippen LogP contribution >= 0.6 is 0 Å². The Morgan fingerprint density at radius 1 is 0.630 bits per heavy atom. The van der Waals surface area contributed by atoms with Gasteiger partial charge in [-0.25, -0.2) is 14.4 Å². The second kappa shape index (κ2) is 15.3. The maximum Gasteiger partial charge on any atom is 0.338 e. The van der Waals surface area contributed by atoms with E-state index in [1.807, 2.05) is 30.3 Å². The molecule has 3 heterocycles. The molecule has 1 fully saturated rings. The van der Waals surface area contributed by atoms with Crippen molar-refractivity contribution in [1.82, 2.24) is 9.80 Å². The van der Waals surface area contributed by atoms with E-state index in [2.05, 4.69) is 0 Å². The third kappa shape index (κ3) is 6.91. The molecule has 4 aromatic rings. The standard InChI is InChI=1S/C42H36N2O10/c1-25-31-32(39(47)44(25)23-26-15-7-3-8-16-26)33(38(46)43(2)37(31)45)35-36(54-42(50)29-21-13-6-14-22-29)34(53-41(49)28-19-11-5-12-20-28)30(52-35)24-51-40(48)27-17-9-4-10-18-27/h3-22,25,30,33-36H,23-24H2,1-2H3/t25?,30-,33?,34-,35+,36-/m1/s1. The minimum absolute atomic E-state index is 0.0904. The van der Waals surface area contributed by atoms with Gasteiger partial charge in [0.2, 0.25) is 5.91 Å². The SMILES string of the molecule is CC1C2=C(C(=O)N1Cc1ccccc1)C([C@@H]1O[C@H](COC(=O)c3ccccc3)[C@@H](OC(=O)c3ccccc3)[C@H]1OC(=O)c1ccccc1)C(=O)N(C)C2=O. The van der Waals surface area contributed by atoms with E-state index in [0.29, 0.717) is 0 Å². The number of likely N-dealkylation sites (N-methyl/N-ethyl adjacent to an activating group) is 1. The van der Waals surface area contributed by atoms with Crippen LogP contribution in [-0.4, -0.2) is 89.5 Å². The molecule has 0 spiro atoms. The molecule has 0 saturated carbocycles. The van der Waals surface area contributed by atoms with Crippen molar-refractivity contribution in [3.05, 3.63) is 155 Å². The molecule has 0 bridgehead atoms. The van der Waals surface area contributed by atoms with Gasteiger partial charge in [-0.2, -0.15) is 0 Å². The zero-order chi connectivity index (χ0) is 37.9. The van der Waals surface area contributed by atoms with E-state index in [1.54, 1.807) is 73.7 Å². The number of hydrogen-bond acceptors (Lipinski definition) is 10. The highest BCUT2D eigenvalue weighted by atomic mass is 16.7. The fourth-order valence-corrected chi connectivity index (χ4v) is 7.11. The van der Waals surface area contributed by atoms with Crippen LogP contribution < -0.4 is 0 Å². The molecule has 0 aromatic heterocycles. The molecular formula is C42H36N2O10. The lowest BCUT2D eigenvalue weighted by molar-refractivity contribution is -0.150. The Morgan fingerprint density at radius 2 is 1.11 bits per heavy atom. The summed E-state index contributed by atoms with van der Waals surface area (Å²) in [6.45, 7) is 1.38. The molecule has 6 atom stereocenters. The molecule has 7 rings (SSSR count). The molecule has 0 radical (unpaired) electrons. The Morgan fingerprint density at radius 3 is 1.65 bits per heavy atom.